The molecule has 1 aromatic heterocycles. The molecule has 0 unspecified atom stereocenters. The van der Waals surface area contributed by atoms with Crippen molar-refractivity contribution >= 4 is 58.6 Å². The Morgan fingerprint density at radius 1 is 1.33 bits per heavy atom. The quantitative estimate of drug-likeness (QED) is 0.230. The Balaban J connectivity index is 0.00000288. The van der Waals surface area contributed by atoms with E-state index < -0.39 is 4.92 Å². The van der Waals surface area contributed by atoms with E-state index in [-0.39, 0.29) is 29.7 Å². The van der Waals surface area contributed by atoms with Crippen LogP contribution in [-0.4, -0.2) is 29.9 Å². The number of halogens is 2. The predicted molar refractivity (Wildman–Crippen MR) is 110 cm³/mol. The van der Waals surface area contributed by atoms with E-state index in [0.717, 1.165) is 20.7 Å². The minimum Gasteiger partial charge on any atom is -0.352 e. The Hall–Kier alpha value is -1.39. The molecule has 2 aromatic rings. The van der Waals surface area contributed by atoms with Gasteiger partial charge < -0.3 is 10.2 Å². The number of aliphatic imine (C=N–C) groups is 1. The van der Waals surface area contributed by atoms with Crippen LogP contribution in [0.3, 0.4) is 0 Å². The summed E-state index contributed by atoms with van der Waals surface area (Å²) >= 11 is 7.48. The molecule has 0 amide bonds. The first kappa shape index (κ1) is 20.7. The van der Waals surface area contributed by atoms with Crippen LogP contribution in [0.15, 0.2) is 41.4 Å². The molecular formula is C15H18ClIN4O2S. The molecule has 0 spiro atoms. The minimum absolute atomic E-state index is 0. The van der Waals surface area contributed by atoms with Gasteiger partial charge in [-0.15, -0.1) is 35.3 Å². The normalized spacial score (nSPS) is 10.9. The van der Waals surface area contributed by atoms with Crippen LogP contribution < -0.4 is 5.32 Å². The van der Waals surface area contributed by atoms with Crippen molar-refractivity contribution in [1.29, 1.82) is 0 Å². The maximum absolute atomic E-state index is 10.6. The summed E-state index contributed by atoms with van der Waals surface area (Å²) in [6.07, 6.45) is 0. The number of nitro benzene ring substituents is 1. The average Bonchev–Trinajstić information content (AvgIpc) is 2.93. The SMILES string of the molecule is CN=C(NCc1ccc([N+](=O)[O-])cc1)N(C)Cc1ccc(Cl)s1.I. The topological polar surface area (TPSA) is 70.8 Å². The lowest BCUT2D eigenvalue weighted by molar-refractivity contribution is -0.384. The Bertz CT molecular complexity index is 706. The molecule has 130 valence electrons. The molecule has 0 atom stereocenters. The first-order valence-electron chi connectivity index (χ1n) is 6.89. The number of non-ortho nitro benzene ring substituents is 1. The van der Waals surface area contributed by atoms with Gasteiger partial charge in [-0.1, -0.05) is 23.7 Å². The predicted octanol–water partition coefficient (Wildman–Crippen LogP) is 4.14. The van der Waals surface area contributed by atoms with E-state index in [1.807, 2.05) is 24.1 Å². The van der Waals surface area contributed by atoms with Gasteiger partial charge in [-0.2, -0.15) is 0 Å². The van der Waals surface area contributed by atoms with Crippen molar-refractivity contribution in [3.63, 3.8) is 0 Å². The molecule has 0 aliphatic carbocycles. The molecule has 6 nitrogen and oxygen atoms in total. The van der Waals surface area contributed by atoms with Crippen LogP contribution in [0.1, 0.15) is 10.4 Å². The van der Waals surface area contributed by atoms with Crippen molar-refractivity contribution in [3.8, 4) is 0 Å². The summed E-state index contributed by atoms with van der Waals surface area (Å²) in [7, 11) is 3.66. The molecule has 1 heterocycles. The molecule has 0 radical (unpaired) electrons. The highest BCUT2D eigenvalue weighted by molar-refractivity contribution is 14.0. The molecule has 1 N–H and O–H groups in total. The van der Waals surface area contributed by atoms with E-state index in [1.165, 1.54) is 23.5 Å². The molecule has 2 rings (SSSR count). The third kappa shape index (κ3) is 5.91. The largest absolute Gasteiger partial charge is 0.352 e. The lowest BCUT2D eigenvalue weighted by Crippen LogP contribution is -2.37. The molecular weight excluding hydrogens is 463 g/mol. The van der Waals surface area contributed by atoms with Crippen LogP contribution in [0.25, 0.3) is 0 Å². The third-order valence-electron chi connectivity index (χ3n) is 3.19. The van der Waals surface area contributed by atoms with Gasteiger partial charge in [0, 0.05) is 37.6 Å². The van der Waals surface area contributed by atoms with Gasteiger partial charge in [-0.25, -0.2) is 0 Å². The lowest BCUT2D eigenvalue weighted by Gasteiger charge is -2.21. The second-order valence-electron chi connectivity index (χ2n) is 4.89. The highest BCUT2D eigenvalue weighted by atomic mass is 127. The van der Waals surface area contributed by atoms with E-state index in [1.54, 1.807) is 19.2 Å². The fraction of sp³-hybridized carbons (Fsp3) is 0.267. The summed E-state index contributed by atoms with van der Waals surface area (Å²) in [4.78, 5) is 17.6. The van der Waals surface area contributed by atoms with Gasteiger partial charge in [0.05, 0.1) is 15.8 Å². The molecule has 1 aromatic carbocycles. The monoisotopic (exact) mass is 480 g/mol. The zero-order valence-electron chi connectivity index (χ0n) is 13.2. The second kappa shape index (κ2) is 9.80. The van der Waals surface area contributed by atoms with Gasteiger partial charge in [-0.3, -0.25) is 15.1 Å². The number of rotatable bonds is 5. The van der Waals surface area contributed by atoms with E-state index in [9.17, 15) is 10.1 Å². The molecule has 0 bridgehead atoms. The highest BCUT2D eigenvalue weighted by Gasteiger charge is 2.09. The second-order valence-corrected chi connectivity index (χ2v) is 6.69. The standard InChI is InChI=1S/C15H17ClN4O2S.HI/c1-17-15(19(2)10-13-7-8-14(16)23-13)18-9-11-3-5-12(6-4-11)20(21)22;/h3-8H,9-10H2,1-2H3,(H,17,18);1H. The third-order valence-corrected chi connectivity index (χ3v) is 4.41. The summed E-state index contributed by atoms with van der Waals surface area (Å²) in [6.45, 7) is 1.25. The summed E-state index contributed by atoms with van der Waals surface area (Å²) < 4.78 is 0.766. The molecule has 9 heteroatoms. The molecule has 0 saturated heterocycles. The number of thiophene rings is 1. The Kier molecular flexibility index (Phi) is 8.43. The van der Waals surface area contributed by atoms with Crippen molar-refractivity contribution < 1.29 is 4.92 Å². The van der Waals surface area contributed by atoms with E-state index in [2.05, 4.69) is 10.3 Å². The summed E-state index contributed by atoms with van der Waals surface area (Å²) in [6, 6.07) is 10.3. The van der Waals surface area contributed by atoms with Crippen LogP contribution in [-0.2, 0) is 13.1 Å². The Morgan fingerprint density at radius 3 is 2.50 bits per heavy atom. The van der Waals surface area contributed by atoms with Crippen molar-refractivity contribution in [2.24, 2.45) is 4.99 Å². The van der Waals surface area contributed by atoms with Crippen molar-refractivity contribution in [2.75, 3.05) is 14.1 Å². The van der Waals surface area contributed by atoms with Crippen LogP contribution in [0.5, 0.6) is 0 Å². The number of benzene rings is 1. The summed E-state index contributed by atoms with van der Waals surface area (Å²) in [5.74, 6) is 0.743. The average molecular weight is 481 g/mol. The zero-order chi connectivity index (χ0) is 16.8. The molecule has 0 saturated carbocycles. The maximum atomic E-state index is 10.6. The van der Waals surface area contributed by atoms with Crippen molar-refractivity contribution in [1.82, 2.24) is 10.2 Å². The first-order chi connectivity index (χ1) is 11.0. The van der Waals surface area contributed by atoms with Crippen LogP contribution in [0, 0.1) is 10.1 Å². The fourth-order valence-corrected chi connectivity index (χ4v) is 3.19. The Morgan fingerprint density at radius 2 is 2.00 bits per heavy atom. The van der Waals surface area contributed by atoms with Gasteiger partial charge >= 0.3 is 0 Å². The van der Waals surface area contributed by atoms with Gasteiger partial charge in [0.15, 0.2) is 5.96 Å². The van der Waals surface area contributed by atoms with E-state index >= 15 is 0 Å². The summed E-state index contributed by atoms with van der Waals surface area (Å²) in [5.41, 5.74) is 1.04. The maximum Gasteiger partial charge on any atom is 0.269 e. The van der Waals surface area contributed by atoms with Crippen LogP contribution >= 0.6 is 46.9 Å². The number of guanidine groups is 1. The van der Waals surface area contributed by atoms with Gasteiger partial charge in [0.1, 0.15) is 0 Å². The van der Waals surface area contributed by atoms with Gasteiger partial charge in [0.25, 0.3) is 5.69 Å². The van der Waals surface area contributed by atoms with Crippen LogP contribution in [0.4, 0.5) is 5.69 Å². The fourth-order valence-electron chi connectivity index (χ4n) is 2.05. The van der Waals surface area contributed by atoms with Crippen molar-refractivity contribution in [2.45, 2.75) is 13.1 Å². The first-order valence-corrected chi connectivity index (χ1v) is 8.08. The molecule has 0 fully saturated rings. The molecule has 0 aliphatic rings. The lowest BCUT2D eigenvalue weighted by atomic mass is 10.2. The number of nitro groups is 1. The molecule has 0 aliphatic heterocycles. The van der Waals surface area contributed by atoms with Gasteiger partial charge in [0.2, 0.25) is 0 Å². The van der Waals surface area contributed by atoms with Crippen molar-refractivity contribution in [3.05, 3.63) is 61.3 Å². The smallest absolute Gasteiger partial charge is 0.269 e. The highest BCUT2D eigenvalue weighted by Crippen LogP contribution is 2.22. The molecule has 24 heavy (non-hydrogen) atoms. The number of nitrogens with one attached hydrogen (secondary N) is 1. The minimum atomic E-state index is -0.407. The summed E-state index contributed by atoms with van der Waals surface area (Å²) in [5, 5.41) is 13.9. The van der Waals surface area contributed by atoms with E-state index in [4.69, 9.17) is 11.6 Å². The van der Waals surface area contributed by atoms with E-state index in [0.29, 0.717) is 13.1 Å². The number of hydrogen-bond acceptors (Lipinski definition) is 4. The van der Waals surface area contributed by atoms with Gasteiger partial charge in [-0.05, 0) is 17.7 Å². The number of nitrogens with zero attached hydrogens (tertiary/aromatic N) is 3. The Labute approximate surface area is 166 Å². The van der Waals surface area contributed by atoms with Crippen LogP contribution in [0.2, 0.25) is 4.34 Å². The number of hydrogen-bond donors (Lipinski definition) is 1. The zero-order valence-corrected chi connectivity index (χ0v) is 17.1.